The van der Waals surface area contributed by atoms with Gasteiger partial charge in [-0.25, -0.2) is 0 Å². The Labute approximate surface area is 106 Å². The summed E-state index contributed by atoms with van der Waals surface area (Å²) in [4.78, 5) is 22.0. The molecule has 0 aliphatic heterocycles. The molecule has 0 saturated heterocycles. The average Bonchev–Trinajstić information content (AvgIpc) is 2.23. The molecule has 4 heteroatoms. The van der Waals surface area contributed by atoms with E-state index >= 15 is 0 Å². The molecule has 0 saturated carbocycles. The lowest BCUT2D eigenvalue weighted by Crippen LogP contribution is -2.06. The van der Waals surface area contributed by atoms with Crippen LogP contribution in [0.4, 0.5) is 0 Å². The van der Waals surface area contributed by atoms with Crippen LogP contribution >= 0.6 is 0 Å². The zero-order chi connectivity index (χ0) is 13.7. The lowest BCUT2D eigenvalue weighted by Gasteiger charge is -2.11. The van der Waals surface area contributed by atoms with Crippen LogP contribution in [0.5, 0.6) is 11.5 Å². The molecule has 0 fully saturated rings. The van der Waals surface area contributed by atoms with E-state index in [1.54, 1.807) is 25.1 Å². The number of carbonyl (C=O) groups is 2. The van der Waals surface area contributed by atoms with Crippen LogP contribution in [0.25, 0.3) is 6.08 Å². The maximum atomic E-state index is 11.0. The summed E-state index contributed by atoms with van der Waals surface area (Å²) in [6.45, 7) is 6.32. The van der Waals surface area contributed by atoms with Crippen molar-refractivity contribution in [2.24, 2.45) is 0 Å². The van der Waals surface area contributed by atoms with E-state index in [1.807, 2.05) is 13.0 Å². The van der Waals surface area contributed by atoms with Crippen LogP contribution < -0.4 is 9.47 Å². The molecule has 18 heavy (non-hydrogen) atoms. The highest BCUT2D eigenvalue weighted by molar-refractivity contribution is 5.74. The summed E-state index contributed by atoms with van der Waals surface area (Å²) in [5, 5.41) is 0. The van der Waals surface area contributed by atoms with Crippen molar-refractivity contribution in [3.05, 3.63) is 29.3 Å². The highest BCUT2D eigenvalue weighted by Crippen LogP contribution is 2.29. The predicted octanol–water partition coefficient (Wildman–Crippen LogP) is 2.88. The van der Waals surface area contributed by atoms with Crippen LogP contribution in [0.3, 0.4) is 0 Å². The van der Waals surface area contributed by atoms with Gasteiger partial charge in [0, 0.05) is 19.4 Å². The largest absolute Gasteiger partial charge is 0.426 e. The molecule has 4 nitrogen and oxygen atoms in total. The van der Waals surface area contributed by atoms with E-state index in [2.05, 4.69) is 0 Å². The smallest absolute Gasteiger partial charge is 0.308 e. The monoisotopic (exact) mass is 248 g/mol. The molecular weight excluding hydrogens is 232 g/mol. The molecule has 0 aliphatic carbocycles. The Bertz CT molecular complexity index is 501. The molecule has 0 amide bonds. The second-order valence-corrected chi connectivity index (χ2v) is 3.84. The minimum atomic E-state index is -0.389. The van der Waals surface area contributed by atoms with Gasteiger partial charge in [-0.15, -0.1) is 0 Å². The van der Waals surface area contributed by atoms with Crippen LogP contribution in [-0.2, 0) is 9.59 Å². The van der Waals surface area contributed by atoms with E-state index < -0.39 is 0 Å². The third-order valence-electron chi connectivity index (χ3n) is 2.16. The lowest BCUT2D eigenvalue weighted by molar-refractivity contribution is -0.133. The summed E-state index contributed by atoms with van der Waals surface area (Å²) < 4.78 is 10.2. The second kappa shape index (κ2) is 6.00. The van der Waals surface area contributed by atoms with Crippen LogP contribution in [0.15, 0.2) is 18.2 Å². The minimum Gasteiger partial charge on any atom is -0.426 e. The summed E-state index contributed by atoms with van der Waals surface area (Å²) in [5.74, 6) is 0.144. The van der Waals surface area contributed by atoms with E-state index in [1.165, 1.54) is 13.8 Å². The molecular formula is C14H16O4. The Kier molecular flexibility index (Phi) is 4.66. The first-order chi connectivity index (χ1) is 8.43. The molecule has 1 rings (SSSR count). The quantitative estimate of drug-likeness (QED) is 0.609. The number of hydrogen-bond donors (Lipinski definition) is 0. The Hall–Kier alpha value is -2.10. The van der Waals surface area contributed by atoms with Gasteiger partial charge in [-0.2, -0.15) is 0 Å². The summed E-state index contributed by atoms with van der Waals surface area (Å²) in [5.41, 5.74) is 1.42. The minimum absolute atomic E-state index is 0.384. The van der Waals surface area contributed by atoms with Gasteiger partial charge in [0.15, 0.2) is 0 Å². The molecule has 0 unspecified atom stereocenters. The summed E-state index contributed by atoms with van der Waals surface area (Å²) in [6.07, 6.45) is 3.60. The van der Waals surface area contributed by atoms with Crippen LogP contribution in [0, 0.1) is 6.92 Å². The molecule has 0 heterocycles. The third-order valence-corrected chi connectivity index (χ3v) is 2.16. The summed E-state index contributed by atoms with van der Waals surface area (Å²) in [7, 11) is 0. The van der Waals surface area contributed by atoms with Crippen LogP contribution in [0.1, 0.15) is 31.9 Å². The van der Waals surface area contributed by atoms with Crippen molar-refractivity contribution in [3.8, 4) is 11.5 Å². The SMILES string of the molecule is C/C=C/c1cc(OC(C)=O)c(C)cc1OC(C)=O. The van der Waals surface area contributed by atoms with E-state index in [9.17, 15) is 9.59 Å². The summed E-state index contributed by atoms with van der Waals surface area (Å²) in [6, 6.07) is 3.35. The van der Waals surface area contributed by atoms with E-state index in [-0.39, 0.29) is 11.9 Å². The second-order valence-electron chi connectivity index (χ2n) is 3.84. The maximum absolute atomic E-state index is 11.0. The van der Waals surface area contributed by atoms with Crippen molar-refractivity contribution in [2.45, 2.75) is 27.7 Å². The Balaban J connectivity index is 3.24. The fourth-order valence-corrected chi connectivity index (χ4v) is 1.50. The molecule has 1 aromatic carbocycles. The molecule has 1 aromatic rings. The number of benzene rings is 1. The number of ether oxygens (including phenoxy) is 2. The van der Waals surface area contributed by atoms with Gasteiger partial charge in [0.25, 0.3) is 0 Å². The standard InChI is InChI=1S/C14H16O4/c1-5-6-12-8-13(17-10(3)15)9(2)7-14(12)18-11(4)16/h5-8H,1-4H3/b6-5+. The first-order valence-electron chi connectivity index (χ1n) is 5.58. The van der Waals surface area contributed by atoms with E-state index in [0.29, 0.717) is 17.1 Å². The molecule has 0 radical (unpaired) electrons. The van der Waals surface area contributed by atoms with Crippen molar-refractivity contribution in [1.29, 1.82) is 0 Å². The van der Waals surface area contributed by atoms with Gasteiger partial charge in [0.05, 0.1) is 0 Å². The predicted molar refractivity (Wildman–Crippen MR) is 68.5 cm³/mol. The fraction of sp³-hybridized carbons (Fsp3) is 0.286. The van der Waals surface area contributed by atoms with Gasteiger partial charge in [0.2, 0.25) is 0 Å². The van der Waals surface area contributed by atoms with Crippen LogP contribution in [-0.4, -0.2) is 11.9 Å². The molecule has 0 aromatic heterocycles. The number of hydrogen-bond acceptors (Lipinski definition) is 4. The van der Waals surface area contributed by atoms with Gasteiger partial charge in [0.1, 0.15) is 11.5 Å². The number of allylic oxidation sites excluding steroid dienone is 1. The highest BCUT2D eigenvalue weighted by Gasteiger charge is 2.10. The van der Waals surface area contributed by atoms with E-state index in [0.717, 1.165) is 5.56 Å². The Morgan fingerprint density at radius 2 is 1.61 bits per heavy atom. The molecule has 0 N–H and O–H groups in total. The van der Waals surface area contributed by atoms with E-state index in [4.69, 9.17) is 9.47 Å². The van der Waals surface area contributed by atoms with Crippen molar-refractivity contribution in [3.63, 3.8) is 0 Å². The molecule has 0 aliphatic rings. The number of carbonyl (C=O) groups excluding carboxylic acids is 2. The molecule has 96 valence electrons. The number of esters is 2. The van der Waals surface area contributed by atoms with Crippen molar-refractivity contribution in [1.82, 2.24) is 0 Å². The zero-order valence-corrected chi connectivity index (χ0v) is 10.9. The lowest BCUT2D eigenvalue weighted by atomic mass is 10.1. The fourth-order valence-electron chi connectivity index (χ4n) is 1.50. The Morgan fingerprint density at radius 1 is 1.06 bits per heavy atom. The van der Waals surface area contributed by atoms with Crippen molar-refractivity contribution < 1.29 is 19.1 Å². The Morgan fingerprint density at radius 3 is 2.11 bits per heavy atom. The van der Waals surface area contributed by atoms with Gasteiger partial charge < -0.3 is 9.47 Å². The first-order valence-corrected chi connectivity index (χ1v) is 5.58. The van der Waals surface area contributed by atoms with Gasteiger partial charge in [-0.3, -0.25) is 9.59 Å². The number of aryl methyl sites for hydroxylation is 1. The highest BCUT2D eigenvalue weighted by atomic mass is 16.5. The van der Waals surface area contributed by atoms with Gasteiger partial charge in [-0.1, -0.05) is 12.2 Å². The third kappa shape index (κ3) is 3.73. The topological polar surface area (TPSA) is 52.6 Å². The molecule has 0 spiro atoms. The normalized spacial score (nSPS) is 10.4. The molecule has 0 bridgehead atoms. The van der Waals surface area contributed by atoms with Gasteiger partial charge >= 0.3 is 11.9 Å². The van der Waals surface area contributed by atoms with Crippen molar-refractivity contribution in [2.75, 3.05) is 0 Å². The van der Waals surface area contributed by atoms with Gasteiger partial charge in [-0.05, 0) is 31.5 Å². The zero-order valence-electron chi connectivity index (χ0n) is 10.9. The summed E-state index contributed by atoms with van der Waals surface area (Å²) >= 11 is 0. The first kappa shape index (κ1) is 14.0. The number of rotatable bonds is 3. The molecule has 0 atom stereocenters. The maximum Gasteiger partial charge on any atom is 0.308 e. The van der Waals surface area contributed by atoms with Crippen molar-refractivity contribution >= 4 is 18.0 Å². The van der Waals surface area contributed by atoms with Crippen LogP contribution in [0.2, 0.25) is 0 Å². The average molecular weight is 248 g/mol.